The van der Waals surface area contributed by atoms with Crippen LogP contribution in [0.3, 0.4) is 0 Å². The van der Waals surface area contributed by atoms with Gasteiger partial charge >= 0.3 is 0 Å². The number of halogens is 3. The molecule has 0 aliphatic carbocycles. The summed E-state index contributed by atoms with van der Waals surface area (Å²) in [6.07, 6.45) is 1.70. The summed E-state index contributed by atoms with van der Waals surface area (Å²) in [4.78, 5) is 4.73. The zero-order valence-electron chi connectivity index (χ0n) is 8.71. The lowest BCUT2D eigenvalue weighted by Gasteiger charge is -2.05. The van der Waals surface area contributed by atoms with Crippen LogP contribution in [-0.4, -0.2) is 11.5 Å². The van der Waals surface area contributed by atoms with E-state index in [0.717, 1.165) is 27.9 Å². The molecule has 0 atom stereocenters. The molecular formula is C11H9ClF2N2S. The second-order valence-electron chi connectivity index (χ2n) is 3.37. The molecule has 0 radical (unpaired) electrons. The van der Waals surface area contributed by atoms with E-state index in [1.807, 2.05) is 12.1 Å². The average molecular weight is 275 g/mol. The van der Waals surface area contributed by atoms with Crippen molar-refractivity contribution in [3.63, 3.8) is 0 Å². The van der Waals surface area contributed by atoms with Gasteiger partial charge in [-0.2, -0.15) is 0 Å². The molecular weight excluding hydrogens is 266 g/mol. The highest BCUT2D eigenvalue weighted by atomic mass is 35.5. The molecule has 2 aromatic heterocycles. The van der Waals surface area contributed by atoms with Crippen molar-refractivity contribution in [2.75, 3.05) is 11.9 Å². The van der Waals surface area contributed by atoms with E-state index in [1.54, 1.807) is 0 Å². The van der Waals surface area contributed by atoms with Crippen LogP contribution in [0.1, 0.15) is 4.88 Å². The van der Waals surface area contributed by atoms with Gasteiger partial charge in [-0.3, -0.25) is 0 Å². The number of anilines is 1. The number of nitrogens with zero attached hydrogens (tertiary/aromatic N) is 1. The van der Waals surface area contributed by atoms with Gasteiger partial charge in [0.2, 0.25) is 0 Å². The predicted molar refractivity (Wildman–Crippen MR) is 65.7 cm³/mol. The van der Waals surface area contributed by atoms with Crippen LogP contribution in [0.4, 0.5) is 14.6 Å². The maximum atomic E-state index is 13.2. The Kier molecular flexibility index (Phi) is 3.91. The van der Waals surface area contributed by atoms with Crippen LogP contribution in [-0.2, 0) is 6.42 Å². The van der Waals surface area contributed by atoms with Crippen LogP contribution < -0.4 is 5.32 Å². The standard InChI is InChI=1S/C11H9ClF2N2S/c12-10-2-1-8(17-10)3-4-15-11-9(14)5-7(13)6-16-11/h1-2,5-6H,3-4H2,(H,15,16). The van der Waals surface area contributed by atoms with Gasteiger partial charge < -0.3 is 5.32 Å². The number of nitrogens with one attached hydrogen (secondary N) is 1. The molecule has 1 N–H and O–H groups in total. The Bertz CT molecular complexity index is 516. The molecule has 0 bridgehead atoms. The second kappa shape index (κ2) is 5.42. The van der Waals surface area contributed by atoms with Gasteiger partial charge in [-0.1, -0.05) is 11.6 Å². The molecule has 0 aliphatic heterocycles. The molecule has 0 saturated heterocycles. The monoisotopic (exact) mass is 274 g/mol. The van der Waals surface area contributed by atoms with Crippen molar-refractivity contribution in [1.82, 2.24) is 4.98 Å². The van der Waals surface area contributed by atoms with Gasteiger partial charge in [0.15, 0.2) is 11.6 Å². The van der Waals surface area contributed by atoms with Crippen LogP contribution in [0.2, 0.25) is 4.34 Å². The van der Waals surface area contributed by atoms with Crippen molar-refractivity contribution in [2.45, 2.75) is 6.42 Å². The van der Waals surface area contributed by atoms with Crippen LogP contribution in [0, 0.1) is 11.6 Å². The Labute approximate surface area is 106 Å². The lowest BCUT2D eigenvalue weighted by molar-refractivity contribution is 0.575. The number of pyridine rings is 1. The van der Waals surface area contributed by atoms with Crippen LogP contribution in [0.5, 0.6) is 0 Å². The van der Waals surface area contributed by atoms with Crippen molar-refractivity contribution in [1.29, 1.82) is 0 Å². The van der Waals surface area contributed by atoms with Crippen molar-refractivity contribution in [3.8, 4) is 0 Å². The first-order valence-electron chi connectivity index (χ1n) is 4.94. The molecule has 0 amide bonds. The summed E-state index contributed by atoms with van der Waals surface area (Å²) in [5, 5.41) is 2.81. The smallest absolute Gasteiger partial charge is 0.168 e. The third-order valence-electron chi connectivity index (χ3n) is 2.10. The first-order chi connectivity index (χ1) is 8.15. The van der Waals surface area contributed by atoms with Crippen LogP contribution >= 0.6 is 22.9 Å². The van der Waals surface area contributed by atoms with E-state index in [4.69, 9.17) is 11.6 Å². The first kappa shape index (κ1) is 12.3. The third-order valence-corrected chi connectivity index (χ3v) is 3.39. The summed E-state index contributed by atoms with van der Waals surface area (Å²) in [7, 11) is 0. The first-order valence-corrected chi connectivity index (χ1v) is 6.14. The molecule has 2 nitrogen and oxygen atoms in total. The summed E-state index contributed by atoms with van der Waals surface area (Å²) >= 11 is 7.26. The number of hydrogen-bond acceptors (Lipinski definition) is 3. The van der Waals surface area contributed by atoms with E-state index in [2.05, 4.69) is 10.3 Å². The molecule has 0 saturated carbocycles. The molecule has 0 aromatic carbocycles. The highest BCUT2D eigenvalue weighted by Gasteiger charge is 2.05. The van der Waals surface area contributed by atoms with Crippen molar-refractivity contribution in [2.24, 2.45) is 0 Å². The lowest BCUT2D eigenvalue weighted by Crippen LogP contribution is -2.07. The number of aromatic nitrogens is 1. The Morgan fingerprint density at radius 3 is 2.82 bits per heavy atom. The van der Waals surface area contributed by atoms with Gasteiger partial charge in [0.1, 0.15) is 5.82 Å². The molecule has 2 rings (SSSR count). The van der Waals surface area contributed by atoms with E-state index < -0.39 is 11.6 Å². The Balaban J connectivity index is 1.90. The van der Waals surface area contributed by atoms with E-state index in [9.17, 15) is 8.78 Å². The van der Waals surface area contributed by atoms with Gasteiger partial charge in [0, 0.05) is 17.5 Å². The fourth-order valence-electron chi connectivity index (χ4n) is 1.33. The minimum Gasteiger partial charge on any atom is -0.367 e. The van der Waals surface area contributed by atoms with Crippen molar-refractivity contribution < 1.29 is 8.78 Å². The fraction of sp³-hybridized carbons (Fsp3) is 0.182. The molecule has 2 heterocycles. The topological polar surface area (TPSA) is 24.9 Å². The minimum atomic E-state index is -0.686. The zero-order valence-corrected chi connectivity index (χ0v) is 10.3. The molecule has 6 heteroatoms. The molecule has 0 aliphatic rings. The normalized spacial score (nSPS) is 10.5. The lowest BCUT2D eigenvalue weighted by atomic mass is 10.3. The summed E-state index contributed by atoms with van der Waals surface area (Å²) in [6, 6.07) is 4.54. The summed E-state index contributed by atoms with van der Waals surface area (Å²) in [6.45, 7) is 0.520. The Hall–Kier alpha value is -1.20. The molecule has 90 valence electrons. The average Bonchev–Trinajstić information content (AvgIpc) is 2.68. The molecule has 0 unspecified atom stereocenters. The highest BCUT2D eigenvalue weighted by molar-refractivity contribution is 7.16. The minimum absolute atomic E-state index is 0.0639. The number of rotatable bonds is 4. The summed E-state index contributed by atoms with van der Waals surface area (Å²) in [5.74, 6) is -1.30. The Morgan fingerprint density at radius 2 is 2.18 bits per heavy atom. The maximum absolute atomic E-state index is 13.2. The molecule has 2 aromatic rings. The number of thiophene rings is 1. The van der Waals surface area contributed by atoms with Crippen LogP contribution in [0.15, 0.2) is 24.4 Å². The van der Waals surface area contributed by atoms with Crippen molar-refractivity contribution in [3.05, 3.63) is 45.2 Å². The maximum Gasteiger partial charge on any atom is 0.168 e. The number of hydrogen-bond donors (Lipinski definition) is 1. The van der Waals surface area contributed by atoms with Gasteiger partial charge in [-0.25, -0.2) is 13.8 Å². The van der Waals surface area contributed by atoms with E-state index >= 15 is 0 Å². The zero-order chi connectivity index (χ0) is 12.3. The third kappa shape index (κ3) is 3.38. The second-order valence-corrected chi connectivity index (χ2v) is 5.17. The van der Waals surface area contributed by atoms with Crippen LogP contribution in [0.25, 0.3) is 0 Å². The Morgan fingerprint density at radius 1 is 1.35 bits per heavy atom. The van der Waals surface area contributed by atoms with Gasteiger partial charge in [-0.05, 0) is 18.6 Å². The quantitative estimate of drug-likeness (QED) is 0.919. The molecule has 0 fully saturated rings. The molecule has 17 heavy (non-hydrogen) atoms. The molecule has 0 spiro atoms. The van der Waals surface area contributed by atoms with Crippen molar-refractivity contribution >= 4 is 28.8 Å². The van der Waals surface area contributed by atoms with Gasteiger partial charge in [0.05, 0.1) is 10.5 Å². The van der Waals surface area contributed by atoms with E-state index in [1.165, 1.54) is 11.3 Å². The predicted octanol–water partition coefficient (Wildman–Crippen LogP) is 3.73. The van der Waals surface area contributed by atoms with Gasteiger partial charge in [0.25, 0.3) is 0 Å². The van der Waals surface area contributed by atoms with E-state index in [-0.39, 0.29) is 5.82 Å². The largest absolute Gasteiger partial charge is 0.367 e. The summed E-state index contributed by atoms with van der Waals surface area (Å²) < 4.78 is 26.5. The fourth-order valence-corrected chi connectivity index (χ4v) is 2.42. The highest BCUT2D eigenvalue weighted by Crippen LogP contribution is 2.21. The van der Waals surface area contributed by atoms with E-state index in [0.29, 0.717) is 6.54 Å². The summed E-state index contributed by atoms with van der Waals surface area (Å²) in [5.41, 5.74) is 0. The van der Waals surface area contributed by atoms with Gasteiger partial charge in [-0.15, -0.1) is 11.3 Å². The SMILES string of the molecule is Fc1cnc(NCCc2ccc(Cl)s2)c(F)c1.